The predicted octanol–water partition coefficient (Wildman–Crippen LogP) is 2.81. The molecule has 1 atom stereocenters. The quantitative estimate of drug-likeness (QED) is 0.753. The van der Waals surface area contributed by atoms with Crippen molar-refractivity contribution in [3.05, 3.63) is 29.8 Å². The van der Waals surface area contributed by atoms with Crippen LogP contribution in [0, 0.1) is 5.92 Å². The zero-order chi connectivity index (χ0) is 15.2. The lowest BCUT2D eigenvalue weighted by Gasteiger charge is -2.15. The molecular formula is C16H23N3O2. The minimum atomic E-state index is -0.157. The first-order chi connectivity index (χ1) is 10.1. The van der Waals surface area contributed by atoms with Crippen LogP contribution in [0.5, 0.6) is 0 Å². The maximum atomic E-state index is 11.7. The molecule has 5 heteroatoms. The highest BCUT2D eigenvalue weighted by Crippen LogP contribution is 2.30. The molecule has 0 saturated heterocycles. The van der Waals surface area contributed by atoms with E-state index in [1.165, 1.54) is 0 Å². The molecule has 114 valence electrons. The van der Waals surface area contributed by atoms with Crippen LogP contribution in [0.15, 0.2) is 24.3 Å². The standard InChI is InChI=1S/C16H23N3O2/c1-3-10-17-16(21)18-11(2)12-6-8-14(9-7-12)19-15(20)13-4-5-13/h6-9,11,13H,3-5,10H2,1-2H3,(H,19,20)(H2,17,18,21). The Morgan fingerprint density at radius 3 is 2.48 bits per heavy atom. The average Bonchev–Trinajstić information content (AvgIpc) is 3.30. The maximum Gasteiger partial charge on any atom is 0.315 e. The number of carbonyl (C=O) groups is 2. The van der Waals surface area contributed by atoms with Gasteiger partial charge in [0.05, 0.1) is 6.04 Å². The van der Waals surface area contributed by atoms with E-state index in [1.807, 2.05) is 38.1 Å². The van der Waals surface area contributed by atoms with Crippen LogP contribution in [0.1, 0.15) is 44.7 Å². The van der Waals surface area contributed by atoms with E-state index >= 15 is 0 Å². The molecule has 3 amide bonds. The van der Waals surface area contributed by atoms with Crippen LogP contribution in [-0.2, 0) is 4.79 Å². The molecule has 0 bridgehead atoms. The Bertz CT molecular complexity index is 495. The molecule has 21 heavy (non-hydrogen) atoms. The van der Waals surface area contributed by atoms with Gasteiger partial charge in [0, 0.05) is 18.2 Å². The second-order valence-electron chi connectivity index (χ2n) is 5.51. The van der Waals surface area contributed by atoms with Crippen molar-refractivity contribution in [1.29, 1.82) is 0 Å². The first-order valence-electron chi connectivity index (χ1n) is 7.55. The van der Waals surface area contributed by atoms with Crippen LogP contribution in [0.3, 0.4) is 0 Å². The Balaban J connectivity index is 1.85. The smallest absolute Gasteiger partial charge is 0.315 e. The number of carbonyl (C=O) groups excluding carboxylic acids is 2. The fourth-order valence-corrected chi connectivity index (χ4v) is 2.01. The number of hydrogen-bond acceptors (Lipinski definition) is 2. The number of hydrogen-bond donors (Lipinski definition) is 3. The molecule has 1 unspecified atom stereocenters. The van der Waals surface area contributed by atoms with E-state index in [-0.39, 0.29) is 23.9 Å². The lowest BCUT2D eigenvalue weighted by Crippen LogP contribution is -2.37. The molecule has 0 spiro atoms. The molecular weight excluding hydrogens is 266 g/mol. The van der Waals surface area contributed by atoms with E-state index in [0.29, 0.717) is 6.54 Å². The van der Waals surface area contributed by atoms with Crippen molar-refractivity contribution in [2.75, 3.05) is 11.9 Å². The molecule has 5 nitrogen and oxygen atoms in total. The number of anilines is 1. The largest absolute Gasteiger partial charge is 0.338 e. The molecule has 3 N–H and O–H groups in total. The van der Waals surface area contributed by atoms with Crippen LogP contribution in [0.25, 0.3) is 0 Å². The van der Waals surface area contributed by atoms with E-state index in [9.17, 15) is 9.59 Å². The Morgan fingerprint density at radius 2 is 1.90 bits per heavy atom. The summed E-state index contributed by atoms with van der Waals surface area (Å²) in [5, 5.41) is 8.56. The fourth-order valence-electron chi connectivity index (χ4n) is 2.01. The van der Waals surface area contributed by atoms with Crippen molar-refractivity contribution in [2.45, 2.75) is 39.2 Å². The lowest BCUT2D eigenvalue weighted by molar-refractivity contribution is -0.117. The van der Waals surface area contributed by atoms with Gasteiger partial charge in [-0.25, -0.2) is 4.79 Å². The number of urea groups is 1. The van der Waals surface area contributed by atoms with Gasteiger partial charge in [-0.05, 0) is 43.9 Å². The van der Waals surface area contributed by atoms with E-state index in [0.717, 1.165) is 30.5 Å². The number of amides is 3. The first kappa shape index (κ1) is 15.4. The minimum Gasteiger partial charge on any atom is -0.338 e. The van der Waals surface area contributed by atoms with Crippen molar-refractivity contribution in [3.8, 4) is 0 Å². The Hall–Kier alpha value is -2.04. The van der Waals surface area contributed by atoms with E-state index in [1.54, 1.807) is 0 Å². The Kier molecular flexibility index (Phi) is 5.20. The third-order valence-corrected chi connectivity index (χ3v) is 3.51. The van der Waals surface area contributed by atoms with Gasteiger partial charge in [-0.2, -0.15) is 0 Å². The summed E-state index contributed by atoms with van der Waals surface area (Å²) >= 11 is 0. The van der Waals surface area contributed by atoms with Crippen LogP contribution in [-0.4, -0.2) is 18.5 Å². The van der Waals surface area contributed by atoms with Gasteiger partial charge < -0.3 is 16.0 Å². The lowest BCUT2D eigenvalue weighted by atomic mass is 10.1. The molecule has 1 aromatic rings. The summed E-state index contributed by atoms with van der Waals surface area (Å²) in [5.74, 6) is 0.306. The number of benzene rings is 1. The molecule has 2 rings (SSSR count). The summed E-state index contributed by atoms with van der Waals surface area (Å²) in [6.07, 6.45) is 2.91. The van der Waals surface area contributed by atoms with Gasteiger partial charge in [-0.3, -0.25) is 4.79 Å². The third kappa shape index (κ3) is 4.77. The minimum absolute atomic E-state index is 0.0740. The van der Waals surface area contributed by atoms with Crippen molar-refractivity contribution in [2.24, 2.45) is 5.92 Å². The third-order valence-electron chi connectivity index (χ3n) is 3.51. The molecule has 1 aliphatic carbocycles. The van der Waals surface area contributed by atoms with Crippen LogP contribution < -0.4 is 16.0 Å². The van der Waals surface area contributed by atoms with Crippen LogP contribution in [0.2, 0.25) is 0 Å². The maximum absolute atomic E-state index is 11.7. The van der Waals surface area contributed by atoms with Crippen LogP contribution in [0.4, 0.5) is 10.5 Å². The monoisotopic (exact) mass is 289 g/mol. The van der Waals surface area contributed by atoms with Crippen molar-refractivity contribution in [3.63, 3.8) is 0 Å². The topological polar surface area (TPSA) is 70.2 Å². The molecule has 0 radical (unpaired) electrons. The molecule has 1 aliphatic rings. The van der Waals surface area contributed by atoms with E-state index in [2.05, 4.69) is 16.0 Å². The second kappa shape index (κ2) is 7.11. The molecule has 1 fully saturated rings. The molecule has 0 aromatic heterocycles. The summed E-state index contributed by atoms with van der Waals surface area (Å²) in [7, 11) is 0. The molecule has 1 aromatic carbocycles. The van der Waals surface area contributed by atoms with Gasteiger partial charge in [-0.15, -0.1) is 0 Å². The predicted molar refractivity (Wildman–Crippen MR) is 83.0 cm³/mol. The Morgan fingerprint density at radius 1 is 1.24 bits per heavy atom. The van der Waals surface area contributed by atoms with Gasteiger partial charge in [0.2, 0.25) is 5.91 Å². The average molecular weight is 289 g/mol. The van der Waals surface area contributed by atoms with Gasteiger partial charge in [0.25, 0.3) is 0 Å². The van der Waals surface area contributed by atoms with E-state index in [4.69, 9.17) is 0 Å². The first-order valence-corrected chi connectivity index (χ1v) is 7.55. The summed E-state index contributed by atoms with van der Waals surface area (Å²) in [6, 6.07) is 7.36. The number of nitrogens with one attached hydrogen (secondary N) is 3. The van der Waals surface area contributed by atoms with Gasteiger partial charge in [-0.1, -0.05) is 19.1 Å². The van der Waals surface area contributed by atoms with Crippen molar-refractivity contribution in [1.82, 2.24) is 10.6 Å². The zero-order valence-electron chi connectivity index (χ0n) is 12.6. The van der Waals surface area contributed by atoms with Gasteiger partial charge in [0.1, 0.15) is 0 Å². The summed E-state index contributed by atoms with van der Waals surface area (Å²) in [4.78, 5) is 23.3. The Labute approximate surface area is 125 Å². The fraction of sp³-hybridized carbons (Fsp3) is 0.500. The van der Waals surface area contributed by atoms with E-state index < -0.39 is 0 Å². The second-order valence-corrected chi connectivity index (χ2v) is 5.51. The van der Waals surface area contributed by atoms with Gasteiger partial charge >= 0.3 is 6.03 Å². The number of rotatable bonds is 6. The SMILES string of the molecule is CCCNC(=O)NC(C)c1ccc(NC(=O)C2CC2)cc1. The highest BCUT2D eigenvalue weighted by Gasteiger charge is 2.29. The molecule has 1 saturated carbocycles. The summed E-state index contributed by atoms with van der Waals surface area (Å²) in [5.41, 5.74) is 1.81. The summed E-state index contributed by atoms with van der Waals surface area (Å²) in [6.45, 7) is 4.62. The molecule has 0 aliphatic heterocycles. The zero-order valence-corrected chi connectivity index (χ0v) is 12.6. The molecule has 0 heterocycles. The normalized spacial score (nSPS) is 15.1. The van der Waals surface area contributed by atoms with Crippen molar-refractivity contribution >= 4 is 17.6 Å². The van der Waals surface area contributed by atoms with Crippen LogP contribution >= 0.6 is 0 Å². The van der Waals surface area contributed by atoms with Gasteiger partial charge in [0.15, 0.2) is 0 Å². The highest BCUT2D eigenvalue weighted by molar-refractivity contribution is 5.94. The van der Waals surface area contributed by atoms with Crippen molar-refractivity contribution < 1.29 is 9.59 Å². The highest BCUT2D eigenvalue weighted by atomic mass is 16.2. The summed E-state index contributed by atoms with van der Waals surface area (Å²) < 4.78 is 0.